The Morgan fingerprint density at radius 1 is 1.33 bits per heavy atom. The van der Waals surface area contributed by atoms with Gasteiger partial charge in [0.15, 0.2) is 0 Å². The van der Waals surface area contributed by atoms with E-state index >= 15 is 0 Å². The van der Waals surface area contributed by atoms with Crippen LogP contribution >= 0.6 is 0 Å². The molecule has 0 bridgehead atoms. The van der Waals surface area contributed by atoms with Crippen LogP contribution in [0.15, 0.2) is 36.5 Å². The molecule has 0 atom stereocenters. The molecule has 1 amide bonds. The number of benzene rings is 1. The first-order valence-electron chi connectivity index (χ1n) is 6.00. The number of carbonyl (C=O) groups excluding carboxylic acids is 1. The number of nitrogen functional groups attached to an aromatic ring is 1. The number of nitrogens with one attached hydrogen (secondary N) is 2. The molecule has 0 unspecified atom stereocenters. The fourth-order valence-electron chi connectivity index (χ4n) is 1.75. The molecule has 1 aromatic carbocycles. The van der Waals surface area contributed by atoms with Crippen LogP contribution in [0.5, 0.6) is 0 Å². The number of hydrogen-bond acceptors (Lipinski definition) is 6. The fourth-order valence-corrected chi connectivity index (χ4v) is 1.75. The summed E-state index contributed by atoms with van der Waals surface area (Å²) >= 11 is 0. The van der Waals surface area contributed by atoms with Gasteiger partial charge >= 0.3 is 0 Å². The van der Waals surface area contributed by atoms with Gasteiger partial charge in [-0.3, -0.25) is 20.8 Å². The first kappa shape index (κ1) is 14.4. The Hall–Kier alpha value is -3.00. The molecule has 0 spiro atoms. The summed E-state index contributed by atoms with van der Waals surface area (Å²) < 4.78 is 0. The van der Waals surface area contributed by atoms with Gasteiger partial charge in [0, 0.05) is 17.8 Å². The third kappa shape index (κ3) is 3.31. The molecule has 2 aromatic rings. The lowest BCUT2D eigenvalue weighted by molar-refractivity contribution is -0.384. The van der Waals surface area contributed by atoms with E-state index in [9.17, 15) is 14.9 Å². The van der Waals surface area contributed by atoms with Crippen LogP contribution in [0.25, 0.3) is 0 Å². The van der Waals surface area contributed by atoms with Crippen LogP contribution in [0, 0.1) is 17.0 Å². The van der Waals surface area contributed by atoms with Crippen molar-refractivity contribution >= 4 is 23.1 Å². The van der Waals surface area contributed by atoms with Gasteiger partial charge in [-0.1, -0.05) is 0 Å². The van der Waals surface area contributed by atoms with Crippen LogP contribution in [-0.2, 0) is 0 Å². The van der Waals surface area contributed by atoms with Gasteiger partial charge in [-0.25, -0.2) is 4.98 Å². The van der Waals surface area contributed by atoms with Crippen molar-refractivity contribution in [3.63, 3.8) is 0 Å². The Morgan fingerprint density at radius 2 is 2.10 bits per heavy atom. The molecule has 108 valence electrons. The van der Waals surface area contributed by atoms with Gasteiger partial charge < -0.3 is 10.7 Å². The molecule has 4 N–H and O–H groups in total. The van der Waals surface area contributed by atoms with Crippen molar-refractivity contribution in [1.29, 1.82) is 0 Å². The van der Waals surface area contributed by atoms with E-state index in [-0.39, 0.29) is 16.9 Å². The quantitative estimate of drug-likeness (QED) is 0.448. The van der Waals surface area contributed by atoms with Gasteiger partial charge in [0.2, 0.25) is 0 Å². The van der Waals surface area contributed by atoms with Crippen molar-refractivity contribution in [2.75, 3.05) is 10.7 Å². The Bertz CT molecular complexity index is 702. The molecule has 0 aliphatic heterocycles. The average Bonchev–Trinajstić information content (AvgIpc) is 2.46. The molecule has 2 rings (SSSR count). The third-order valence-electron chi connectivity index (χ3n) is 2.77. The van der Waals surface area contributed by atoms with Gasteiger partial charge in [0.25, 0.3) is 11.6 Å². The summed E-state index contributed by atoms with van der Waals surface area (Å²) in [4.78, 5) is 26.3. The highest BCUT2D eigenvalue weighted by atomic mass is 16.6. The summed E-state index contributed by atoms with van der Waals surface area (Å²) in [6, 6.07) is 7.39. The second-order valence-corrected chi connectivity index (χ2v) is 4.31. The highest BCUT2D eigenvalue weighted by molar-refractivity contribution is 6.04. The summed E-state index contributed by atoms with van der Waals surface area (Å²) in [6.07, 6.45) is 1.58. The van der Waals surface area contributed by atoms with Crippen LogP contribution in [0.2, 0.25) is 0 Å². The number of anilines is 2. The molecule has 0 saturated carbocycles. The van der Waals surface area contributed by atoms with Crippen LogP contribution in [-0.4, -0.2) is 15.8 Å². The lowest BCUT2D eigenvalue weighted by Crippen LogP contribution is -2.15. The van der Waals surface area contributed by atoms with Gasteiger partial charge in [-0.2, -0.15) is 0 Å². The van der Waals surface area contributed by atoms with Crippen LogP contribution < -0.4 is 16.6 Å². The lowest BCUT2D eigenvalue weighted by atomic mass is 10.1. The van der Waals surface area contributed by atoms with E-state index in [1.807, 2.05) is 6.92 Å². The van der Waals surface area contributed by atoms with Crippen molar-refractivity contribution in [3.8, 4) is 0 Å². The number of hydrogen-bond donors (Lipinski definition) is 3. The number of aryl methyl sites for hydroxylation is 1. The topological polar surface area (TPSA) is 123 Å². The monoisotopic (exact) mass is 287 g/mol. The number of nitrogens with zero attached hydrogens (tertiary/aromatic N) is 2. The second-order valence-electron chi connectivity index (χ2n) is 4.31. The Morgan fingerprint density at radius 3 is 2.71 bits per heavy atom. The predicted octanol–water partition coefficient (Wildman–Crippen LogP) is 1.84. The highest BCUT2D eigenvalue weighted by Crippen LogP contribution is 2.24. The zero-order valence-electron chi connectivity index (χ0n) is 11.2. The Balaban J connectivity index is 2.25. The van der Waals surface area contributed by atoms with E-state index < -0.39 is 10.8 Å². The molecule has 0 aliphatic carbocycles. The number of nitro benzene ring substituents is 1. The molecular weight excluding hydrogens is 274 g/mol. The van der Waals surface area contributed by atoms with Crippen LogP contribution in [0.1, 0.15) is 15.9 Å². The Labute approximate surface area is 120 Å². The Kier molecular flexibility index (Phi) is 4.10. The van der Waals surface area contributed by atoms with Gasteiger partial charge in [0.05, 0.1) is 4.92 Å². The number of nitrogens with two attached hydrogens (primary N) is 1. The summed E-state index contributed by atoms with van der Waals surface area (Å²) in [7, 11) is 0. The zero-order valence-corrected chi connectivity index (χ0v) is 11.2. The molecule has 1 aromatic heterocycles. The highest BCUT2D eigenvalue weighted by Gasteiger charge is 2.16. The first-order chi connectivity index (χ1) is 10.0. The molecule has 1 heterocycles. The van der Waals surface area contributed by atoms with E-state index in [4.69, 9.17) is 5.84 Å². The minimum absolute atomic E-state index is 0.0600. The molecule has 8 heteroatoms. The van der Waals surface area contributed by atoms with E-state index in [1.54, 1.807) is 18.3 Å². The van der Waals surface area contributed by atoms with Crippen molar-refractivity contribution < 1.29 is 9.72 Å². The summed E-state index contributed by atoms with van der Waals surface area (Å²) in [6.45, 7) is 1.87. The molecular formula is C13H13N5O3. The van der Waals surface area contributed by atoms with E-state index in [1.165, 1.54) is 18.2 Å². The van der Waals surface area contributed by atoms with Gasteiger partial charge in [0.1, 0.15) is 11.5 Å². The van der Waals surface area contributed by atoms with Crippen molar-refractivity contribution in [3.05, 3.63) is 57.8 Å². The maximum Gasteiger partial charge on any atom is 0.293 e. The molecule has 8 nitrogen and oxygen atoms in total. The van der Waals surface area contributed by atoms with Crippen molar-refractivity contribution in [2.24, 2.45) is 5.84 Å². The minimum atomic E-state index is -0.584. The van der Waals surface area contributed by atoms with Gasteiger partial charge in [-0.05, 0) is 36.8 Å². The van der Waals surface area contributed by atoms with Crippen LogP contribution in [0.4, 0.5) is 17.2 Å². The van der Waals surface area contributed by atoms with E-state index in [0.29, 0.717) is 5.82 Å². The SMILES string of the molecule is Cc1ccnc(NC(=O)c2ccc([N+](=O)[O-])c(NN)c2)c1. The maximum atomic E-state index is 12.1. The van der Waals surface area contributed by atoms with Crippen molar-refractivity contribution in [1.82, 2.24) is 4.98 Å². The number of pyridine rings is 1. The largest absolute Gasteiger partial charge is 0.318 e. The number of nitro groups is 1. The third-order valence-corrected chi connectivity index (χ3v) is 2.77. The standard InChI is InChI=1S/C13H13N5O3/c1-8-4-5-15-12(6-8)16-13(19)9-2-3-11(18(20)21)10(7-9)17-14/h2-7,17H,14H2,1H3,(H,15,16,19). The lowest BCUT2D eigenvalue weighted by Gasteiger charge is -2.07. The molecule has 21 heavy (non-hydrogen) atoms. The fraction of sp³-hybridized carbons (Fsp3) is 0.0769. The number of hydrazine groups is 1. The number of aromatic nitrogens is 1. The molecule has 0 fully saturated rings. The summed E-state index contributed by atoms with van der Waals surface area (Å²) in [5.74, 6) is 5.20. The van der Waals surface area contributed by atoms with E-state index in [0.717, 1.165) is 5.56 Å². The van der Waals surface area contributed by atoms with E-state index in [2.05, 4.69) is 15.7 Å². The molecule has 0 radical (unpaired) electrons. The normalized spacial score (nSPS) is 10.0. The summed E-state index contributed by atoms with van der Waals surface area (Å²) in [5, 5.41) is 13.4. The summed E-state index contributed by atoms with van der Waals surface area (Å²) in [5.41, 5.74) is 3.25. The number of carbonyl (C=O) groups is 1. The van der Waals surface area contributed by atoms with Crippen LogP contribution in [0.3, 0.4) is 0 Å². The zero-order chi connectivity index (χ0) is 15.4. The molecule has 0 aliphatic rings. The minimum Gasteiger partial charge on any atom is -0.318 e. The number of amides is 1. The average molecular weight is 287 g/mol. The maximum absolute atomic E-state index is 12.1. The first-order valence-corrected chi connectivity index (χ1v) is 6.00. The number of rotatable bonds is 4. The van der Waals surface area contributed by atoms with Crippen molar-refractivity contribution in [2.45, 2.75) is 6.92 Å². The molecule has 0 saturated heterocycles. The van der Waals surface area contributed by atoms with Gasteiger partial charge in [-0.15, -0.1) is 0 Å². The predicted molar refractivity (Wildman–Crippen MR) is 77.8 cm³/mol. The second kappa shape index (κ2) is 5.97. The smallest absolute Gasteiger partial charge is 0.293 e.